The molecule has 0 aromatic carbocycles. The quantitative estimate of drug-likeness (QED) is 0.884. The van der Waals surface area contributed by atoms with Gasteiger partial charge in [0.05, 0.1) is 23.2 Å². The van der Waals surface area contributed by atoms with Crippen LogP contribution in [0.4, 0.5) is 0 Å². The second-order valence-corrected chi connectivity index (χ2v) is 6.70. The van der Waals surface area contributed by atoms with Crippen molar-refractivity contribution in [2.24, 2.45) is 0 Å². The van der Waals surface area contributed by atoms with Gasteiger partial charge in [-0.25, -0.2) is 9.67 Å². The number of pyridine rings is 1. The second kappa shape index (κ2) is 7.30. The zero-order valence-electron chi connectivity index (χ0n) is 14.9. The van der Waals surface area contributed by atoms with Gasteiger partial charge in [-0.2, -0.15) is 5.10 Å². The van der Waals surface area contributed by atoms with Gasteiger partial charge in [0.2, 0.25) is 0 Å². The Morgan fingerprint density at radius 3 is 2.83 bits per heavy atom. The third-order valence-corrected chi connectivity index (χ3v) is 4.86. The Bertz CT molecular complexity index is 718. The maximum Gasteiger partial charge on any atom is 0.252 e. The van der Waals surface area contributed by atoms with Crippen molar-refractivity contribution in [2.45, 2.75) is 46.1 Å². The van der Waals surface area contributed by atoms with E-state index in [4.69, 9.17) is 0 Å². The van der Waals surface area contributed by atoms with Gasteiger partial charge in [-0.3, -0.25) is 4.79 Å². The first-order chi connectivity index (χ1) is 11.6. The standard InChI is InChI=1S/C18H27N5O/c1-4-14(3)23-17-16(12-20-23)15(11-13(2)21-17)18(24)19-7-10-22-8-5-6-9-22/h11-12,14H,4-10H2,1-3H3,(H,19,24). The Hall–Kier alpha value is -1.95. The average Bonchev–Trinajstić information content (AvgIpc) is 3.22. The lowest BCUT2D eigenvalue weighted by Gasteiger charge is -2.15. The summed E-state index contributed by atoms with van der Waals surface area (Å²) in [6, 6.07) is 2.12. The first-order valence-electron chi connectivity index (χ1n) is 8.95. The summed E-state index contributed by atoms with van der Waals surface area (Å²) in [5.41, 5.74) is 2.32. The molecule has 1 saturated heterocycles. The predicted molar refractivity (Wildman–Crippen MR) is 95.3 cm³/mol. The lowest BCUT2D eigenvalue weighted by molar-refractivity contribution is 0.0951. The lowest BCUT2D eigenvalue weighted by atomic mass is 10.1. The fourth-order valence-corrected chi connectivity index (χ4v) is 3.26. The van der Waals surface area contributed by atoms with E-state index in [9.17, 15) is 4.79 Å². The van der Waals surface area contributed by atoms with Crippen LogP contribution >= 0.6 is 0 Å². The summed E-state index contributed by atoms with van der Waals surface area (Å²) in [5, 5.41) is 8.34. The van der Waals surface area contributed by atoms with Crippen LogP contribution in [0, 0.1) is 6.92 Å². The second-order valence-electron chi connectivity index (χ2n) is 6.70. The SMILES string of the molecule is CCC(C)n1ncc2c(C(=O)NCCN3CCCC3)cc(C)nc21. The number of rotatable bonds is 6. The first kappa shape index (κ1) is 16.9. The van der Waals surface area contributed by atoms with Gasteiger partial charge < -0.3 is 10.2 Å². The van der Waals surface area contributed by atoms with Gasteiger partial charge in [-0.15, -0.1) is 0 Å². The minimum absolute atomic E-state index is 0.0339. The van der Waals surface area contributed by atoms with Crippen LogP contribution in [0.5, 0.6) is 0 Å². The van der Waals surface area contributed by atoms with E-state index < -0.39 is 0 Å². The maximum absolute atomic E-state index is 12.6. The van der Waals surface area contributed by atoms with E-state index in [-0.39, 0.29) is 11.9 Å². The summed E-state index contributed by atoms with van der Waals surface area (Å²) in [7, 11) is 0. The van der Waals surface area contributed by atoms with E-state index in [0.29, 0.717) is 12.1 Å². The first-order valence-corrected chi connectivity index (χ1v) is 8.95. The number of fused-ring (bicyclic) bond motifs is 1. The molecule has 0 radical (unpaired) electrons. The molecule has 3 rings (SSSR count). The van der Waals surface area contributed by atoms with Crippen LogP contribution in [-0.2, 0) is 0 Å². The summed E-state index contributed by atoms with van der Waals surface area (Å²) in [6.07, 6.45) is 5.28. The molecule has 2 aromatic heterocycles. The van der Waals surface area contributed by atoms with E-state index in [2.05, 4.69) is 34.1 Å². The van der Waals surface area contributed by atoms with E-state index in [1.54, 1.807) is 6.20 Å². The summed E-state index contributed by atoms with van der Waals surface area (Å²) < 4.78 is 1.92. The summed E-state index contributed by atoms with van der Waals surface area (Å²) in [6.45, 7) is 10.1. The molecule has 0 aliphatic carbocycles. The number of carbonyl (C=O) groups excluding carboxylic acids is 1. The van der Waals surface area contributed by atoms with Crippen molar-refractivity contribution in [1.29, 1.82) is 0 Å². The van der Waals surface area contributed by atoms with Gasteiger partial charge in [-0.05, 0) is 52.3 Å². The minimum Gasteiger partial charge on any atom is -0.351 e. The normalized spacial score (nSPS) is 16.6. The Kier molecular flexibility index (Phi) is 5.14. The zero-order valence-corrected chi connectivity index (χ0v) is 14.9. The largest absolute Gasteiger partial charge is 0.351 e. The van der Waals surface area contributed by atoms with Crippen molar-refractivity contribution in [2.75, 3.05) is 26.2 Å². The molecule has 2 aromatic rings. The minimum atomic E-state index is -0.0339. The van der Waals surface area contributed by atoms with Crippen LogP contribution in [0.1, 0.15) is 55.2 Å². The van der Waals surface area contributed by atoms with Crippen molar-refractivity contribution < 1.29 is 4.79 Å². The molecule has 6 nitrogen and oxygen atoms in total. The van der Waals surface area contributed by atoms with Crippen molar-refractivity contribution in [3.63, 3.8) is 0 Å². The predicted octanol–water partition coefficient (Wildman–Crippen LogP) is 2.54. The smallest absolute Gasteiger partial charge is 0.252 e. The van der Waals surface area contributed by atoms with Gasteiger partial charge in [0.1, 0.15) is 0 Å². The highest BCUT2D eigenvalue weighted by atomic mass is 16.1. The molecule has 1 aliphatic heterocycles. The van der Waals surface area contributed by atoms with Gasteiger partial charge in [-0.1, -0.05) is 6.92 Å². The monoisotopic (exact) mass is 329 g/mol. The summed E-state index contributed by atoms with van der Waals surface area (Å²) >= 11 is 0. The van der Waals surface area contributed by atoms with E-state index in [1.165, 1.54) is 12.8 Å². The van der Waals surface area contributed by atoms with Gasteiger partial charge >= 0.3 is 0 Å². The van der Waals surface area contributed by atoms with Gasteiger partial charge in [0.15, 0.2) is 5.65 Å². The van der Waals surface area contributed by atoms with Gasteiger partial charge in [0.25, 0.3) is 5.91 Å². The van der Waals surface area contributed by atoms with Gasteiger partial charge in [0, 0.05) is 18.8 Å². The lowest BCUT2D eigenvalue weighted by Crippen LogP contribution is -2.33. The molecule has 1 unspecified atom stereocenters. The van der Waals surface area contributed by atoms with Crippen molar-refractivity contribution in [3.05, 3.63) is 23.5 Å². The Labute approximate surface area is 143 Å². The third kappa shape index (κ3) is 3.43. The van der Waals surface area contributed by atoms with E-state index >= 15 is 0 Å². The average molecular weight is 329 g/mol. The van der Waals surface area contributed by atoms with Crippen LogP contribution in [0.25, 0.3) is 11.0 Å². The number of nitrogens with one attached hydrogen (secondary N) is 1. The van der Waals surface area contributed by atoms with Crippen LogP contribution in [0.2, 0.25) is 0 Å². The van der Waals surface area contributed by atoms with Crippen molar-refractivity contribution in [3.8, 4) is 0 Å². The van der Waals surface area contributed by atoms with Crippen LogP contribution in [0.15, 0.2) is 12.3 Å². The summed E-state index contributed by atoms with van der Waals surface area (Å²) in [5.74, 6) is -0.0339. The topological polar surface area (TPSA) is 63.1 Å². The fraction of sp³-hybridized carbons (Fsp3) is 0.611. The Morgan fingerprint density at radius 2 is 2.12 bits per heavy atom. The number of aromatic nitrogens is 3. The number of hydrogen-bond donors (Lipinski definition) is 1. The number of aryl methyl sites for hydroxylation is 1. The molecule has 0 saturated carbocycles. The Morgan fingerprint density at radius 1 is 1.38 bits per heavy atom. The maximum atomic E-state index is 12.6. The zero-order chi connectivity index (χ0) is 17.1. The van der Waals surface area contributed by atoms with Crippen molar-refractivity contribution >= 4 is 16.9 Å². The number of hydrogen-bond acceptors (Lipinski definition) is 4. The third-order valence-electron chi connectivity index (χ3n) is 4.86. The van der Waals surface area contributed by atoms with Crippen LogP contribution in [-0.4, -0.2) is 51.8 Å². The molecule has 3 heterocycles. The molecule has 0 spiro atoms. The number of amides is 1. The molecular weight excluding hydrogens is 302 g/mol. The molecule has 0 bridgehead atoms. The highest BCUT2D eigenvalue weighted by Gasteiger charge is 2.18. The Balaban J connectivity index is 1.77. The molecule has 1 N–H and O–H groups in total. The molecular formula is C18H27N5O. The number of carbonyl (C=O) groups is 1. The molecule has 1 fully saturated rings. The van der Waals surface area contributed by atoms with Crippen molar-refractivity contribution in [1.82, 2.24) is 25.0 Å². The van der Waals surface area contributed by atoms with Crippen LogP contribution in [0.3, 0.4) is 0 Å². The highest BCUT2D eigenvalue weighted by Crippen LogP contribution is 2.22. The molecule has 6 heteroatoms. The number of likely N-dealkylation sites (tertiary alicyclic amines) is 1. The van der Waals surface area contributed by atoms with E-state index in [1.807, 2.05) is 17.7 Å². The van der Waals surface area contributed by atoms with Crippen LogP contribution < -0.4 is 5.32 Å². The molecule has 1 aliphatic rings. The summed E-state index contributed by atoms with van der Waals surface area (Å²) in [4.78, 5) is 19.6. The van der Waals surface area contributed by atoms with E-state index in [0.717, 1.165) is 42.8 Å². The number of nitrogens with zero attached hydrogens (tertiary/aromatic N) is 4. The molecule has 1 atom stereocenters. The molecule has 130 valence electrons. The fourth-order valence-electron chi connectivity index (χ4n) is 3.26. The molecule has 24 heavy (non-hydrogen) atoms. The molecule has 1 amide bonds. The highest BCUT2D eigenvalue weighted by molar-refractivity contribution is 6.05.